The van der Waals surface area contributed by atoms with Crippen molar-refractivity contribution in [1.29, 1.82) is 0 Å². The third kappa shape index (κ3) is 2.83. The molecule has 0 unspecified atom stereocenters. The molecule has 2 heteroatoms. The van der Waals surface area contributed by atoms with Gasteiger partial charge in [0, 0.05) is 6.92 Å². The highest BCUT2D eigenvalue weighted by atomic mass is 16.1. The monoisotopic (exact) mass is 135 g/mol. The maximum Gasteiger partial charge on any atom is 0.177 e. The molecule has 0 aromatic rings. The molecule has 0 heterocycles. The maximum absolute atomic E-state index is 10.6. The van der Waals surface area contributed by atoms with Gasteiger partial charge in [-0.15, -0.1) is 6.42 Å². The molecular weight excluding hydrogens is 126 g/mol. The topological polar surface area (TPSA) is 29.4 Å². The summed E-state index contributed by atoms with van der Waals surface area (Å²) in [6, 6.07) is 0. The van der Waals surface area contributed by atoms with E-state index in [1.54, 1.807) is 13.0 Å². The van der Waals surface area contributed by atoms with Gasteiger partial charge in [0.1, 0.15) is 5.70 Å². The van der Waals surface area contributed by atoms with E-state index in [0.717, 1.165) is 0 Å². The van der Waals surface area contributed by atoms with Crippen molar-refractivity contribution in [2.45, 2.75) is 13.8 Å². The zero-order chi connectivity index (χ0) is 7.98. The predicted molar refractivity (Wildman–Crippen MR) is 41.8 cm³/mol. The van der Waals surface area contributed by atoms with Gasteiger partial charge in [-0.3, -0.25) is 4.79 Å². The normalized spacial score (nSPS) is 11.5. The summed E-state index contributed by atoms with van der Waals surface area (Å²) >= 11 is 0. The highest BCUT2D eigenvalue weighted by molar-refractivity contribution is 5.95. The average molecular weight is 135 g/mol. The van der Waals surface area contributed by atoms with E-state index in [9.17, 15) is 4.79 Å². The molecular formula is C8H9NO. The summed E-state index contributed by atoms with van der Waals surface area (Å²) in [6.07, 6.45) is 7.78. The molecule has 10 heavy (non-hydrogen) atoms. The fourth-order valence-corrected chi connectivity index (χ4v) is 0.476. The zero-order valence-corrected chi connectivity index (χ0v) is 6.09. The number of Topliss-reactive ketones (excluding diaryl/α,β-unsaturated/α-hetero) is 1. The van der Waals surface area contributed by atoms with Crippen LogP contribution in [0, 0.1) is 12.3 Å². The molecule has 0 aliphatic heterocycles. The van der Waals surface area contributed by atoms with E-state index in [0.29, 0.717) is 5.70 Å². The van der Waals surface area contributed by atoms with Gasteiger partial charge in [0.2, 0.25) is 0 Å². The van der Waals surface area contributed by atoms with Crippen LogP contribution in [0.1, 0.15) is 13.8 Å². The van der Waals surface area contributed by atoms with Crippen LogP contribution < -0.4 is 0 Å². The van der Waals surface area contributed by atoms with Crippen LogP contribution in [-0.2, 0) is 4.79 Å². The summed E-state index contributed by atoms with van der Waals surface area (Å²) in [5.74, 6) is 2.13. The molecule has 0 saturated carbocycles. The summed E-state index contributed by atoms with van der Waals surface area (Å²) in [5, 5.41) is 0. The van der Waals surface area contributed by atoms with Crippen molar-refractivity contribution in [3.8, 4) is 12.3 Å². The fourth-order valence-electron chi connectivity index (χ4n) is 0.476. The summed E-state index contributed by atoms with van der Waals surface area (Å²) in [5.41, 5.74) is 0.401. The van der Waals surface area contributed by atoms with E-state index in [1.807, 2.05) is 0 Å². The maximum atomic E-state index is 10.6. The number of hydrogen-bond donors (Lipinski definition) is 0. The van der Waals surface area contributed by atoms with Crippen molar-refractivity contribution in [3.63, 3.8) is 0 Å². The van der Waals surface area contributed by atoms with E-state index in [2.05, 4.69) is 10.9 Å². The number of rotatable bonds is 2. The molecule has 0 saturated heterocycles. The van der Waals surface area contributed by atoms with E-state index < -0.39 is 0 Å². The van der Waals surface area contributed by atoms with Gasteiger partial charge >= 0.3 is 0 Å². The zero-order valence-electron chi connectivity index (χ0n) is 6.09. The first-order valence-corrected chi connectivity index (χ1v) is 2.88. The predicted octanol–water partition coefficient (Wildman–Crippen LogP) is 1.18. The van der Waals surface area contributed by atoms with Gasteiger partial charge < -0.3 is 0 Å². The number of carbonyl (C=O) groups excluding carboxylic acids is 1. The summed E-state index contributed by atoms with van der Waals surface area (Å²) < 4.78 is 0. The van der Waals surface area contributed by atoms with Crippen molar-refractivity contribution >= 4 is 12.0 Å². The second kappa shape index (κ2) is 4.51. The molecule has 0 fully saturated rings. The Labute approximate surface area is 60.7 Å². The lowest BCUT2D eigenvalue weighted by molar-refractivity contribution is -0.113. The largest absolute Gasteiger partial charge is 0.293 e. The Kier molecular flexibility index (Phi) is 3.90. The Morgan fingerprint density at radius 2 is 2.30 bits per heavy atom. The molecule has 0 radical (unpaired) electrons. The average Bonchev–Trinajstić information content (AvgIpc) is 1.89. The SMILES string of the molecule is C#CC=N/C(=C\C)C(C)=O. The van der Waals surface area contributed by atoms with Gasteiger partial charge in [-0.1, -0.05) is 12.0 Å². The van der Waals surface area contributed by atoms with Crippen LogP contribution in [0.2, 0.25) is 0 Å². The fraction of sp³-hybridized carbons (Fsp3) is 0.250. The Hall–Kier alpha value is -1.36. The van der Waals surface area contributed by atoms with Gasteiger partial charge in [-0.2, -0.15) is 0 Å². The molecule has 0 rings (SSSR count). The Bertz CT molecular complexity index is 218. The highest BCUT2D eigenvalue weighted by Gasteiger charge is 1.95. The van der Waals surface area contributed by atoms with Crippen LogP contribution in [0.15, 0.2) is 16.8 Å². The van der Waals surface area contributed by atoms with Gasteiger partial charge in [-0.25, -0.2) is 4.99 Å². The van der Waals surface area contributed by atoms with E-state index in [1.165, 1.54) is 13.1 Å². The summed E-state index contributed by atoms with van der Waals surface area (Å²) in [6.45, 7) is 3.19. The number of hydrogen-bond acceptors (Lipinski definition) is 2. The molecule has 0 spiro atoms. The summed E-state index contributed by atoms with van der Waals surface area (Å²) in [7, 11) is 0. The standard InChI is InChI=1S/C8H9NO/c1-4-6-9-8(5-2)7(3)10/h1,5-6H,2-3H3/b8-5-,9-6?. The Balaban J connectivity index is 4.30. The summed E-state index contributed by atoms with van der Waals surface area (Å²) in [4.78, 5) is 14.3. The minimum atomic E-state index is -0.0750. The third-order valence-corrected chi connectivity index (χ3v) is 0.912. The molecule has 0 aliphatic carbocycles. The van der Waals surface area contributed by atoms with Crippen molar-refractivity contribution in [2.24, 2.45) is 4.99 Å². The second-order valence-electron chi connectivity index (χ2n) is 1.65. The number of ketones is 1. The lowest BCUT2D eigenvalue weighted by Gasteiger charge is -1.89. The van der Waals surface area contributed by atoms with Crippen LogP contribution >= 0.6 is 0 Å². The van der Waals surface area contributed by atoms with Gasteiger partial charge in [0.05, 0.1) is 6.21 Å². The molecule has 0 atom stereocenters. The molecule has 2 nitrogen and oxygen atoms in total. The van der Waals surface area contributed by atoms with Gasteiger partial charge in [0.15, 0.2) is 5.78 Å². The van der Waals surface area contributed by atoms with Crippen LogP contribution in [0.25, 0.3) is 0 Å². The molecule has 0 bridgehead atoms. The first kappa shape index (κ1) is 8.64. The minimum Gasteiger partial charge on any atom is -0.293 e. The molecule has 0 aromatic carbocycles. The molecule has 0 amide bonds. The number of carbonyl (C=O) groups is 1. The molecule has 0 N–H and O–H groups in total. The number of nitrogens with zero attached hydrogens (tertiary/aromatic N) is 1. The number of aliphatic imine (C=N–C) groups is 1. The lowest BCUT2D eigenvalue weighted by Crippen LogP contribution is -1.92. The lowest BCUT2D eigenvalue weighted by atomic mass is 10.3. The van der Waals surface area contributed by atoms with Crippen LogP contribution in [0.3, 0.4) is 0 Å². The van der Waals surface area contributed by atoms with Gasteiger partial charge in [0.25, 0.3) is 0 Å². The first-order valence-electron chi connectivity index (χ1n) is 2.88. The minimum absolute atomic E-state index is 0.0750. The van der Waals surface area contributed by atoms with E-state index >= 15 is 0 Å². The van der Waals surface area contributed by atoms with Crippen molar-refractivity contribution in [3.05, 3.63) is 11.8 Å². The van der Waals surface area contributed by atoms with Gasteiger partial charge in [-0.05, 0) is 6.92 Å². The Morgan fingerprint density at radius 1 is 1.70 bits per heavy atom. The molecule has 0 aliphatic rings. The van der Waals surface area contributed by atoms with Crippen LogP contribution in [0.5, 0.6) is 0 Å². The molecule has 52 valence electrons. The van der Waals surface area contributed by atoms with Crippen molar-refractivity contribution in [1.82, 2.24) is 0 Å². The van der Waals surface area contributed by atoms with E-state index in [-0.39, 0.29) is 5.78 Å². The molecule has 0 aromatic heterocycles. The van der Waals surface area contributed by atoms with Crippen LogP contribution in [-0.4, -0.2) is 12.0 Å². The smallest absolute Gasteiger partial charge is 0.177 e. The highest BCUT2D eigenvalue weighted by Crippen LogP contribution is 1.95. The Morgan fingerprint density at radius 3 is 2.60 bits per heavy atom. The van der Waals surface area contributed by atoms with Crippen molar-refractivity contribution in [2.75, 3.05) is 0 Å². The second-order valence-corrected chi connectivity index (χ2v) is 1.65. The third-order valence-electron chi connectivity index (χ3n) is 0.912. The first-order chi connectivity index (χ1) is 4.72. The quantitative estimate of drug-likeness (QED) is 0.317. The number of terminal acetylenes is 1. The van der Waals surface area contributed by atoms with Crippen LogP contribution in [0.4, 0.5) is 0 Å². The number of allylic oxidation sites excluding steroid dienone is 2. The van der Waals surface area contributed by atoms with E-state index in [4.69, 9.17) is 6.42 Å². The van der Waals surface area contributed by atoms with Crippen molar-refractivity contribution < 1.29 is 4.79 Å².